The topological polar surface area (TPSA) is 225 Å². The summed E-state index contributed by atoms with van der Waals surface area (Å²) in [4.78, 5) is 12.9. The Morgan fingerprint density at radius 2 is 1.59 bits per heavy atom. The quantitative estimate of drug-likeness (QED) is 0.202. The molecule has 14 nitrogen and oxygen atoms in total. The minimum absolute atomic E-state index is 0.0149. The monoisotopic (exact) mass is 580 g/mol. The molecule has 224 valence electrons. The molecule has 5 rings (SSSR count). The molecule has 3 aliphatic rings. The summed E-state index contributed by atoms with van der Waals surface area (Å²) in [7, 11) is 0. The van der Waals surface area contributed by atoms with E-state index in [1.807, 2.05) is 0 Å². The van der Waals surface area contributed by atoms with Gasteiger partial charge in [0.25, 0.3) is 0 Å². The Morgan fingerprint density at radius 1 is 0.878 bits per heavy atom. The van der Waals surface area contributed by atoms with Gasteiger partial charge in [0, 0.05) is 12.1 Å². The van der Waals surface area contributed by atoms with Gasteiger partial charge in [0.05, 0.1) is 19.1 Å². The number of carbonyl (C=O) groups is 1. The first kappa shape index (κ1) is 29.4. The molecule has 0 spiro atoms. The Balaban J connectivity index is 1.41. The summed E-state index contributed by atoms with van der Waals surface area (Å²) in [6, 6.07) is 8.50. The zero-order valence-corrected chi connectivity index (χ0v) is 21.8. The smallest absolute Gasteiger partial charge is 0.229 e. The summed E-state index contributed by atoms with van der Waals surface area (Å²) in [5.41, 5.74) is 0.529. The number of hydrogen-bond donors (Lipinski definition) is 8. The number of aliphatic hydroxyl groups is 6. The van der Waals surface area contributed by atoms with E-state index in [-0.39, 0.29) is 29.2 Å². The molecular weight excluding hydrogens is 548 g/mol. The average Bonchev–Trinajstić information content (AvgIpc) is 2.94. The fraction of sp³-hybridized carbons (Fsp3) is 0.519. The summed E-state index contributed by atoms with van der Waals surface area (Å²) in [5, 5.41) is 81.6. The lowest BCUT2D eigenvalue weighted by atomic mass is 9.95. The number of rotatable bonds is 6. The van der Waals surface area contributed by atoms with Crippen molar-refractivity contribution in [1.82, 2.24) is 0 Å². The Hall–Kier alpha value is -3.05. The summed E-state index contributed by atoms with van der Waals surface area (Å²) in [6.07, 6.45) is -16.0. The first-order valence-corrected chi connectivity index (χ1v) is 13.0. The molecule has 0 radical (unpaired) electrons. The van der Waals surface area contributed by atoms with Crippen molar-refractivity contribution in [2.24, 2.45) is 0 Å². The molecular formula is C27H32O14. The average molecular weight is 581 g/mol. The predicted octanol–water partition coefficient (Wildman–Crippen LogP) is -1.17. The minimum atomic E-state index is -1.75. The van der Waals surface area contributed by atoms with Crippen LogP contribution in [-0.4, -0.2) is 115 Å². The number of aliphatic hydroxyl groups excluding tert-OH is 6. The van der Waals surface area contributed by atoms with Crippen LogP contribution in [-0.2, 0) is 14.2 Å². The molecule has 2 saturated heterocycles. The van der Waals surface area contributed by atoms with E-state index in [1.165, 1.54) is 25.1 Å². The van der Waals surface area contributed by atoms with Crippen LogP contribution < -0.4 is 9.47 Å². The van der Waals surface area contributed by atoms with Gasteiger partial charge < -0.3 is 64.5 Å². The lowest BCUT2D eigenvalue weighted by molar-refractivity contribution is -0.354. The van der Waals surface area contributed by atoms with E-state index in [1.54, 1.807) is 12.1 Å². The molecule has 41 heavy (non-hydrogen) atoms. The maximum atomic E-state index is 12.9. The number of aromatic hydroxyl groups is 2. The van der Waals surface area contributed by atoms with Crippen molar-refractivity contribution in [2.45, 2.75) is 80.9 Å². The number of Topliss-reactive ketones (excluding diaryl/α,β-unsaturated/α-hetero) is 1. The van der Waals surface area contributed by atoms with Crippen molar-refractivity contribution < 1.29 is 69.3 Å². The second kappa shape index (κ2) is 11.7. The molecule has 2 fully saturated rings. The van der Waals surface area contributed by atoms with E-state index < -0.39 is 85.7 Å². The van der Waals surface area contributed by atoms with E-state index in [0.29, 0.717) is 5.56 Å². The molecule has 14 heteroatoms. The zero-order valence-electron chi connectivity index (χ0n) is 21.8. The van der Waals surface area contributed by atoms with Gasteiger partial charge in [-0.3, -0.25) is 4.79 Å². The first-order valence-electron chi connectivity index (χ1n) is 13.0. The molecule has 0 aromatic heterocycles. The van der Waals surface area contributed by atoms with E-state index >= 15 is 0 Å². The fourth-order valence-electron chi connectivity index (χ4n) is 5.07. The maximum Gasteiger partial charge on any atom is 0.229 e. The van der Waals surface area contributed by atoms with Gasteiger partial charge >= 0.3 is 0 Å². The highest BCUT2D eigenvalue weighted by atomic mass is 16.8. The van der Waals surface area contributed by atoms with Crippen LogP contribution in [0, 0.1) is 0 Å². The van der Waals surface area contributed by atoms with Crippen LogP contribution in [0.25, 0.3) is 0 Å². The SMILES string of the molecule is C[C@H]1O[C@@H](O[C@H]2[C@H](Oc3cc(O)c4c(c3)O[C@H](c3ccc(O)cc3)CC4=O)O[C@@H](CO)[C@@H](O)[C@H]2O)[C@@H](O)[C@@H](O)[C@H]1O. The molecule has 0 aliphatic carbocycles. The molecule has 8 N–H and O–H groups in total. The lowest BCUT2D eigenvalue weighted by Crippen LogP contribution is -2.64. The van der Waals surface area contributed by atoms with E-state index in [2.05, 4.69) is 0 Å². The van der Waals surface area contributed by atoms with Crippen molar-refractivity contribution in [3.05, 3.63) is 47.5 Å². The molecule has 3 aliphatic heterocycles. The number of fused-ring (bicyclic) bond motifs is 1. The van der Waals surface area contributed by atoms with Crippen molar-refractivity contribution in [1.29, 1.82) is 0 Å². The number of benzene rings is 2. The number of hydrogen-bond acceptors (Lipinski definition) is 14. The van der Waals surface area contributed by atoms with Crippen molar-refractivity contribution in [3.8, 4) is 23.0 Å². The summed E-state index contributed by atoms with van der Waals surface area (Å²) in [6.45, 7) is 0.716. The predicted molar refractivity (Wildman–Crippen MR) is 134 cm³/mol. The fourth-order valence-corrected chi connectivity index (χ4v) is 5.07. The second-order valence-corrected chi connectivity index (χ2v) is 10.2. The van der Waals surface area contributed by atoms with Crippen LogP contribution in [0.15, 0.2) is 36.4 Å². The van der Waals surface area contributed by atoms with Crippen molar-refractivity contribution in [3.63, 3.8) is 0 Å². The Kier molecular flexibility index (Phi) is 8.39. The number of carbonyl (C=O) groups excluding carboxylic acids is 1. The highest BCUT2D eigenvalue weighted by Crippen LogP contribution is 2.43. The van der Waals surface area contributed by atoms with E-state index in [9.17, 15) is 45.6 Å². The van der Waals surface area contributed by atoms with Crippen LogP contribution in [0.1, 0.15) is 35.4 Å². The standard InChI is InChI=1S/C27H32O14/c1-10-20(32)22(34)24(36)26(37-10)41-25-23(35)21(33)18(9-28)40-27(25)38-13-6-14(30)19-15(31)8-16(39-17(19)7-13)11-2-4-12(29)5-3-11/h2-7,10,16,18,20-30,32-36H,8-9H2,1H3/t10-,16+,18+,20+,21-,22+,23-,24+,25-,26+,27-/m1/s1. The Bertz CT molecular complexity index is 1240. The van der Waals surface area contributed by atoms with Gasteiger partial charge in [-0.05, 0) is 24.6 Å². The first-order chi connectivity index (χ1) is 19.5. The van der Waals surface area contributed by atoms with Crippen LogP contribution in [0.5, 0.6) is 23.0 Å². The largest absolute Gasteiger partial charge is 0.508 e. The number of ether oxygens (including phenoxy) is 5. The van der Waals surface area contributed by atoms with E-state index in [0.717, 1.165) is 6.07 Å². The highest BCUT2D eigenvalue weighted by Gasteiger charge is 2.51. The Labute approximate surface area is 233 Å². The van der Waals surface area contributed by atoms with Gasteiger partial charge in [-0.15, -0.1) is 0 Å². The lowest BCUT2D eigenvalue weighted by Gasteiger charge is -2.45. The summed E-state index contributed by atoms with van der Waals surface area (Å²) >= 11 is 0. The van der Waals surface area contributed by atoms with Crippen molar-refractivity contribution >= 4 is 5.78 Å². The molecule has 0 bridgehead atoms. The molecule has 2 aromatic rings. The normalized spacial score (nSPS) is 37.2. The van der Waals surface area contributed by atoms with Gasteiger partial charge in [0.2, 0.25) is 6.29 Å². The summed E-state index contributed by atoms with van der Waals surface area (Å²) in [5.74, 6) is -0.947. The third-order valence-electron chi connectivity index (χ3n) is 7.42. The third-order valence-corrected chi connectivity index (χ3v) is 7.42. The minimum Gasteiger partial charge on any atom is -0.508 e. The van der Waals surface area contributed by atoms with Gasteiger partial charge in [-0.1, -0.05) is 12.1 Å². The molecule has 0 saturated carbocycles. The van der Waals surface area contributed by atoms with Gasteiger partial charge in [-0.25, -0.2) is 0 Å². The van der Waals surface area contributed by atoms with Crippen LogP contribution >= 0.6 is 0 Å². The van der Waals surface area contributed by atoms with Crippen LogP contribution in [0.3, 0.4) is 0 Å². The van der Waals surface area contributed by atoms with Gasteiger partial charge in [0.1, 0.15) is 71.3 Å². The molecule has 11 atom stereocenters. The van der Waals surface area contributed by atoms with Gasteiger partial charge in [0.15, 0.2) is 18.2 Å². The third kappa shape index (κ3) is 5.70. The van der Waals surface area contributed by atoms with E-state index in [4.69, 9.17) is 23.7 Å². The Morgan fingerprint density at radius 3 is 2.27 bits per heavy atom. The number of ketones is 1. The zero-order chi connectivity index (χ0) is 29.6. The summed E-state index contributed by atoms with van der Waals surface area (Å²) < 4.78 is 28.6. The molecule has 3 heterocycles. The van der Waals surface area contributed by atoms with Crippen LogP contribution in [0.2, 0.25) is 0 Å². The maximum absolute atomic E-state index is 12.9. The number of phenolic OH excluding ortho intramolecular Hbond substituents is 2. The van der Waals surface area contributed by atoms with Crippen LogP contribution in [0.4, 0.5) is 0 Å². The molecule has 2 aromatic carbocycles. The second-order valence-electron chi connectivity index (χ2n) is 10.2. The molecule has 0 amide bonds. The highest BCUT2D eigenvalue weighted by molar-refractivity contribution is 6.02. The van der Waals surface area contributed by atoms with Crippen molar-refractivity contribution in [2.75, 3.05) is 6.61 Å². The number of phenols is 2. The van der Waals surface area contributed by atoms with Gasteiger partial charge in [-0.2, -0.15) is 0 Å². The molecule has 0 unspecified atom stereocenters.